The van der Waals surface area contributed by atoms with Crippen LogP contribution in [0.1, 0.15) is 17.0 Å². The lowest BCUT2D eigenvalue weighted by atomic mass is 10.2. The third kappa shape index (κ3) is 2.77. The molecule has 0 saturated carbocycles. The lowest BCUT2D eigenvalue weighted by Gasteiger charge is -2.19. The van der Waals surface area contributed by atoms with E-state index in [4.69, 9.17) is 22.5 Å². The van der Waals surface area contributed by atoms with Gasteiger partial charge < -0.3 is 10.3 Å². The Morgan fingerprint density at radius 3 is 2.29 bits per heavy atom. The zero-order valence-corrected chi connectivity index (χ0v) is 13.5. The van der Waals surface area contributed by atoms with E-state index in [1.165, 1.54) is 11.4 Å². The van der Waals surface area contributed by atoms with Crippen LogP contribution in [0.25, 0.3) is 0 Å². The Labute approximate surface area is 128 Å². The van der Waals surface area contributed by atoms with Crippen LogP contribution >= 0.6 is 12.2 Å². The summed E-state index contributed by atoms with van der Waals surface area (Å²) in [5.41, 5.74) is 7.03. The molecule has 0 saturated heterocycles. The van der Waals surface area contributed by atoms with Gasteiger partial charge in [-0.1, -0.05) is 17.4 Å². The molecule has 0 aliphatic heterocycles. The van der Waals surface area contributed by atoms with E-state index in [2.05, 4.69) is 5.16 Å². The summed E-state index contributed by atoms with van der Waals surface area (Å²) in [4.78, 5) is 0.348. The zero-order chi connectivity index (χ0) is 15.8. The van der Waals surface area contributed by atoms with Gasteiger partial charge in [-0.15, -0.1) is 0 Å². The topological polar surface area (TPSA) is 89.4 Å². The number of hydrogen-bond donors (Lipinski definition) is 1. The SMILES string of the molecule is Cc1noc(C)c1S(=O)(=O)N(C)c1ccc(C(N)=S)cc1. The molecule has 112 valence electrons. The first kappa shape index (κ1) is 15.5. The van der Waals surface area contributed by atoms with E-state index < -0.39 is 10.0 Å². The average molecular weight is 325 g/mol. The van der Waals surface area contributed by atoms with Gasteiger partial charge in [0.25, 0.3) is 10.0 Å². The Morgan fingerprint density at radius 2 is 1.86 bits per heavy atom. The molecule has 0 radical (unpaired) electrons. The molecule has 0 unspecified atom stereocenters. The van der Waals surface area contributed by atoms with Gasteiger partial charge in [-0.25, -0.2) is 8.42 Å². The van der Waals surface area contributed by atoms with Crippen molar-refractivity contribution in [1.82, 2.24) is 5.16 Å². The molecule has 0 aliphatic carbocycles. The Kier molecular flexibility index (Phi) is 4.02. The molecule has 0 fully saturated rings. The van der Waals surface area contributed by atoms with Crippen molar-refractivity contribution in [1.29, 1.82) is 0 Å². The van der Waals surface area contributed by atoms with Gasteiger partial charge in [-0.05, 0) is 38.1 Å². The third-order valence-corrected chi connectivity index (χ3v) is 5.37. The zero-order valence-electron chi connectivity index (χ0n) is 11.8. The van der Waals surface area contributed by atoms with E-state index in [1.54, 1.807) is 38.1 Å². The molecule has 0 atom stereocenters. The van der Waals surface area contributed by atoms with Crippen LogP contribution < -0.4 is 10.0 Å². The minimum Gasteiger partial charge on any atom is -0.389 e. The normalized spacial score (nSPS) is 11.4. The fraction of sp³-hybridized carbons (Fsp3) is 0.231. The van der Waals surface area contributed by atoms with Crippen LogP contribution in [0.4, 0.5) is 5.69 Å². The molecule has 1 aromatic carbocycles. The minimum atomic E-state index is -3.73. The third-order valence-electron chi connectivity index (χ3n) is 3.10. The highest BCUT2D eigenvalue weighted by Crippen LogP contribution is 2.26. The molecular formula is C13H15N3O3S2. The number of thiocarbonyl (C=S) groups is 1. The highest BCUT2D eigenvalue weighted by molar-refractivity contribution is 7.92. The minimum absolute atomic E-state index is 0.0865. The number of nitrogens with zero attached hydrogens (tertiary/aromatic N) is 2. The van der Waals surface area contributed by atoms with Crippen LogP contribution in [0, 0.1) is 13.8 Å². The first-order chi connectivity index (χ1) is 9.75. The summed E-state index contributed by atoms with van der Waals surface area (Å²) < 4.78 is 31.4. The van der Waals surface area contributed by atoms with Gasteiger partial charge in [-0.3, -0.25) is 4.31 Å². The number of hydrogen-bond acceptors (Lipinski definition) is 5. The molecule has 8 heteroatoms. The van der Waals surface area contributed by atoms with E-state index in [0.717, 1.165) is 0 Å². The molecule has 2 N–H and O–H groups in total. The van der Waals surface area contributed by atoms with Crippen LogP contribution in [0.2, 0.25) is 0 Å². The summed E-state index contributed by atoms with van der Waals surface area (Å²) in [6.07, 6.45) is 0. The number of benzene rings is 1. The molecule has 1 aromatic heterocycles. The number of aryl methyl sites for hydroxylation is 2. The van der Waals surface area contributed by atoms with Crippen LogP contribution in [0.15, 0.2) is 33.7 Å². The molecule has 0 bridgehead atoms. The fourth-order valence-corrected chi connectivity index (χ4v) is 3.57. The molecule has 21 heavy (non-hydrogen) atoms. The van der Waals surface area contributed by atoms with Crippen molar-refractivity contribution in [3.8, 4) is 0 Å². The summed E-state index contributed by atoms with van der Waals surface area (Å²) in [6.45, 7) is 3.16. The molecule has 2 aromatic rings. The number of anilines is 1. The van der Waals surface area contributed by atoms with Crippen LogP contribution in [0.3, 0.4) is 0 Å². The van der Waals surface area contributed by atoms with E-state index >= 15 is 0 Å². The van der Waals surface area contributed by atoms with Gasteiger partial charge in [0.05, 0.1) is 5.69 Å². The Morgan fingerprint density at radius 1 is 1.29 bits per heavy atom. The monoisotopic (exact) mass is 325 g/mol. The number of aromatic nitrogens is 1. The molecule has 0 aliphatic rings. The van der Waals surface area contributed by atoms with E-state index in [0.29, 0.717) is 16.9 Å². The predicted molar refractivity (Wildman–Crippen MR) is 83.9 cm³/mol. The predicted octanol–water partition coefficient (Wildman–Crippen LogP) is 1.75. The van der Waals surface area contributed by atoms with Crippen molar-refractivity contribution in [2.75, 3.05) is 11.4 Å². The van der Waals surface area contributed by atoms with Gasteiger partial charge in [0.1, 0.15) is 10.7 Å². The molecule has 6 nitrogen and oxygen atoms in total. The van der Waals surface area contributed by atoms with Gasteiger partial charge in [-0.2, -0.15) is 0 Å². The fourth-order valence-electron chi connectivity index (χ4n) is 1.95. The van der Waals surface area contributed by atoms with Gasteiger partial charge >= 0.3 is 0 Å². The van der Waals surface area contributed by atoms with E-state index in [-0.39, 0.29) is 15.6 Å². The first-order valence-corrected chi connectivity index (χ1v) is 7.91. The quantitative estimate of drug-likeness (QED) is 0.862. The second-order valence-electron chi connectivity index (χ2n) is 4.54. The maximum Gasteiger partial charge on any atom is 0.269 e. The Bertz CT molecular complexity index is 760. The molecule has 2 rings (SSSR count). The second-order valence-corrected chi connectivity index (χ2v) is 6.88. The second kappa shape index (κ2) is 5.45. The van der Waals surface area contributed by atoms with Crippen molar-refractivity contribution in [3.05, 3.63) is 41.3 Å². The van der Waals surface area contributed by atoms with Gasteiger partial charge in [0.2, 0.25) is 0 Å². The first-order valence-electron chi connectivity index (χ1n) is 6.07. The molecular weight excluding hydrogens is 310 g/mol. The lowest BCUT2D eigenvalue weighted by molar-refractivity contribution is 0.390. The van der Waals surface area contributed by atoms with Crippen molar-refractivity contribution in [2.24, 2.45) is 5.73 Å². The Hall–Kier alpha value is -1.93. The molecule has 1 heterocycles. The van der Waals surface area contributed by atoms with Crippen LogP contribution in [-0.2, 0) is 10.0 Å². The van der Waals surface area contributed by atoms with Gasteiger partial charge in [0, 0.05) is 12.6 Å². The summed E-state index contributed by atoms with van der Waals surface area (Å²) in [7, 11) is -2.26. The summed E-state index contributed by atoms with van der Waals surface area (Å²) in [6, 6.07) is 6.64. The summed E-state index contributed by atoms with van der Waals surface area (Å²) in [5.74, 6) is 0.263. The van der Waals surface area contributed by atoms with E-state index in [9.17, 15) is 8.42 Å². The smallest absolute Gasteiger partial charge is 0.269 e. The van der Waals surface area contributed by atoms with E-state index in [1.807, 2.05) is 0 Å². The Balaban J connectivity index is 2.43. The number of nitrogens with two attached hydrogens (primary N) is 1. The standard InChI is InChI=1S/C13H15N3O3S2/c1-8-12(9(2)19-15-8)21(17,18)16(3)11-6-4-10(5-7-11)13(14)20/h4-7H,1-3H3,(H2,14,20). The number of rotatable bonds is 4. The lowest BCUT2D eigenvalue weighted by Crippen LogP contribution is -2.27. The molecule has 0 spiro atoms. The van der Waals surface area contributed by atoms with Crippen molar-refractivity contribution >= 4 is 32.9 Å². The number of sulfonamides is 1. The average Bonchev–Trinajstić information content (AvgIpc) is 2.78. The van der Waals surface area contributed by atoms with Crippen molar-refractivity contribution in [3.63, 3.8) is 0 Å². The van der Waals surface area contributed by atoms with Gasteiger partial charge in [0.15, 0.2) is 10.7 Å². The van der Waals surface area contributed by atoms with Crippen molar-refractivity contribution in [2.45, 2.75) is 18.7 Å². The summed E-state index contributed by atoms with van der Waals surface area (Å²) >= 11 is 4.87. The highest BCUT2D eigenvalue weighted by Gasteiger charge is 2.28. The summed E-state index contributed by atoms with van der Waals surface area (Å²) in [5, 5.41) is 3.68. The van der Waals surface area contributed by atoms with Crippen LogP contribution in [-0.4, -0.2) is 25.6 Å². The van der Waals surface area contributed by atoms with Crippen molar-refractivity contribution < 1.29 is 12.9 Å². The largest absolute Gasteiger partial charge is 0.389 e. The maximum absolute atomic E-state index is 12.6. The maximum atomic E-state index is 12.6. The van der Waals surface area contributed by atoms with Crippen LogP contribution in [0.5, 0.6) is 0 Å². The highest BCUT2D eigenvalue weighted by atomic mass is 32.2. The molecule has 0 amide bonds.